The predicted octanol–water partition coefficient (Wildman–Crippen LogP) is 3.82. The standard InChI is InChI=1S/C22H28N2O2/c1-22(18-11-6-3-7-12-18)21(17-9-4-2-5-10-17)23-20(24-22)16-25-15-19-13-8-14-26-19/h2-7,9-11,18-19,21H,8,12-16H2,1H3,(H,23,24)/t18?,19?,21-,22+/m1/s1. The van der Waals surface area contributed by atoms with E-state index in [0.717, 1.165) is 31.7 Å². The van der Waals surface area contributed by atoms with Crippen LogP contribution in [0.25, 0.3) is 0 Å². The Morgan fingerprint density at radius 3 is 2.88 bits per heavy atom. The minimum atomic E-state index is -0.148. The van der Waals surface area contributed by atoms with Crippen molar-refractivity contribution in [3.05, 3.63) is 60.2 Å². The van der Waals surface area contributed by atoms with Crippen molar-refractivity contribution in [1.82, 2.24) is 5.32 Å². The van der Waals surface area contributed by atoms with E-state index in [0.29, 0.717) is 19.1 Å². The van der Waals surface area contributed by atoms with E-state index in [1.165, 1.54) is 5.56 Å². The van der Waals surface area contributed by atoms with Gasteiger partial charge in [0.25, 0.3) is 0 Å². The number of benzene rings is 1. The van der Waals surface area contributed by atoms with Crippen LogP contribution in [0.15, 0.2) is 59.6 Å². The summed E-state index contributed by atoms with van der Waals surface area (Å²) in [6, 6.07) is 10.7. The molecule has 1 aromatic rings. The minimum absolute atomic E-state index is 0.0891. The van der Waals surface area contributed by atoms with Crippen molar-refractivity contribution >= 4 is 5.84 Å². The fourth-order valence-corrected chi connectivity index (χ4v) is 4.21. The van der Waals surface area contributed by atoms with Crippen LogP contribution >= 0.6 is 0 Å². The number of ether oxygens (including phenoxy) is 2. The molecule has 26 heavy (non-hydrogen) atoms. The molecule has 1 fully saturated rings. The molecule has 4 nitrogen and oxygen atoms in total. The van der Waals surface area contributed by atoms with E-state index >= 15 is 0 Å². The van der Waals surface area contributed by atoms with E-state index in [2.05, 4.69) is 66.9 Å². The van der Waals surface area contributed by atoms with Gasteiger partial charge in [0.05, 0.1) is 18.2 Å². The summed E-state index contributed by atoms with van der Waals surface area (Å²) in [5, 5.41) is 3.71. The Bertz CT molecular complexity index is 691. The smallest absolute Gasteiger partial charge is 0.124 e. The van der Waals surface area contributed by atoms with Crippen molar-refractivity contribution in [2.75, 3.05) is 19.8 Å². The number of hydrogen-bond acceptors (Lipinski definition) is 4. The molecule has 2 aliphatic heterocycles. The van der Waals surface area contributed by atoms with E-state index in [1.807, 2.05) is 0 Å². The molecule has 0 saturated carbocycles. The number of nitrogens with zero attached hydrogens (tertiary/aromatic N) is 1. The topological polar surface area (TPSA) is 42.8 Å². The lowest BCUT2D eigenvalue weighted by molar-refractivity contribution is 0.0292. The van der Waals surface area contributed by atoms with Crippen LogP contribution in [0.1, 0.15) is 37.8 Å². The van der Waals surface area contributed by atoms with Crippen molar-refractivity contribution in [2.24, 2.45) is 10.9 Å². The predicted molar refractivity (Wildman–Crippen MR) is 104 cm³/mol. The summed E-state index contributed by atoms with van der Waals surface area (Å²) in [5.74, 6) is 1.35. The quantitative estimate of drug-likeness (QED) is 0.846. The lowest BCUT2D eigenvalue weighted by Crippen LogP contribution is -2.50. The Hall–Kier alpha value is -1.91. The summed E-state index contributed by atoms with van der Waals surface area (Å²) in [6.07, 6.45) is 12.3. The van der Waals surface area contributed by atoms with Crippen LogP contribution in [0.3, 0.4) is 0 Å². The van der Waals surface area contributed by atoms with Gasteiger partial charge < -0.3 is 14.8 Å². The highest BCUT2D eigenvalue weighted by molar-refractivity contribution is 5.86. The number of allylic oxidation sites excluding steroid dienone is 3. The van der Waals surface area contributed by atoms with Crippen LogP contribution in [-0.2, 0) is 9.47 Å². The number of hydrogen-bond donors (Lipinski definition) is 1. The number of nitrogens with one attached hydrogen (secondary N) is 1. The van der Waals surface area contributed by atoms with Crippen molar-refractivity contribution in [3.63, 3.8) is 0 Å². The average molecular weight is 352 g/mol. The molecule has 0 radical (unpaired) electrons. The van der Waals surface area contributed by atoms with Crippen molar-refractivity contribution < 1.29 is 9.47 Å². The van der Waals surface area contributed by atoms with Gasteiger partial charge in [0.15, 0.2) is 0 Å². The molecule has 4 rings (SSSR count). The maximum atomic E-state index is 5.92. The molecule has 4 heteroatoms. The highest BCUT2D eigenvalue weighted by Crippen LogP contribution is 2.41. The molecule has 1 saturated heterocycles. The summed E-state index contributed by atoms with van der Waals surface area (Å²) in [4.78, 5) is 5.03. The Kier molecular flexibility index (Phi) is 5.23. The monoisotopic (exact) mass is 352 g/mol. The van der Waals surface area contributed by atoms with E-state index in [9.17, 15) is 0 Å². The molecule has 0 spiro atoms. The molecule has 1 aliphatic carbocycles. The molecule has 2 unspecified atom stereocenters. The largest absolute Gasteiger partial charge is 0.376 e. The molecule has 1 aromatic carbocycles. The average Bonchev–Trinajstić information content (AvgIpc) is 3.32. The Balaban J connectivity index is 1.49. The van der Waals surface area contributed by atoms with E-state index in [4.69, 9.17) is 14.5 Å². The lowest BCUT2D eigenvalue weighted by atomic mass is 9.75. The SMILES string of the molecule is C[C@@]1(C2C=CC=CC2)NC(COCC2CCCO2)=N[C@@H]1c1ccccc1. The highest BCUT2D eigenvalue weighted by Gasteiger charge is 2.45. The van der Waals surface area contributed by atoms with Crippen LogP contribution < -0.4 is 5.32 Å². The molecule has 4 atom stereocenters. The van der Waals surface area contributed by atoms with Crippen molar-refractivity contribution in [2.45, 2.75) is 43.9 Å². The first-order chi connectivity index (χ1) is 12.8. The molecule has 1 N–H and O–H groups in total. The first-order valence-corrected chi connectivity index (χ1v) is 9.68. The van der Waals surface area contributed by atoms with Gasteiger partial charge in [-0.3, -0.25) is 4.99 Å². The maximum absolute atomic E-state index is 5.92. The zero-order chi connectivity index (χ0) is 17.8. The summed E-state index contributed by atoms with van der Waals surface area (Å²) >= 11 is 0. The van der Waals surface area contributed by atoms with Gasteiger partial charge in [0.2, 0.25) is 0 Å². The second kappa shape index (κ2) is 7.77. The number of rotatable bonds is 6. The summed E-state index contributed by atoms with van der Waals surface area (Å²) in [7, 11) is 0. The first kappa shape index (κ1) is 17.5. The summed E-state index contributed by atoms with van der Waals surface area (Å²) in [5.41, 5.74) is 1.10. The Labute approximate surface area is 156 Å². The summed E-state index contributed by atoms with van der Waals surface area (Å²) < 4.78 is 11.6. The zero-order valence-corrected chi connectivity index (χ0v) is 15.4. The van der Waals surface area contributed by atoms with Crippen molar-refractivity contribution in [1.29, 1.82) is 0 Å². The second-order valence-electron chi connectivity index (χ2n) is 7.60. The molecular formula is C22H28N2O2. The molecule has 0 amide bonds. The van der Waals surface area contributed by atoms with Gasteiger partial charge in [-0.1, -0.05) is 54.6 Å². The van der Waals surface area contributed by atoms with Gasteiger partial charge in [-0.05, 0) is 31.7 Å². The zero-order valence-electron chi connectivity index (χ0n) is 15.4. The molecule has 0 bridgehead atoms. The van der Waals surface area contributed by atoms with Gasteiger partial charge in [0, 0.05) is 12.5 Å². The Morgan fingerprint density at radius 2 is 2.15 bits per heavy atom. The fourth-order valence-electron chi connectivity index (χ4n) is 4.21. The third kappa shape index (κ3) is 3.62. The molecule has 3 aliphatic rings. The third-order valence-electron chi connectivity index (χ3n) is 5.70. The van der Waals surface area contributed by atoms with E-state index < -0.39 is 0 Å². The van der Waals surface area contributed by atoms with Crippen LogP contribution in [0.4, 0.5) is 0 Å². The number of amidine groups is 1. The fraction of sp³-hybridized carbons (Fsp3) is 0.500. The van der Waals surface area contributed by atoms with Gasteiger partial charge in [-0.2, -0.15) is 0 Å². The molecule has 2 heterocycles. The van der Waals surface area contributed by atoms with E-state index in [-0.39, 0.29) is 17.7 Å². The van der Waals surface area contributed by atoms with Crippen LogP contribution in [0.2, 0.25) is 0 Å². The van der Waals surface area contributed by atoms with Gasteiger partial charge in [0.1, 0.15) is 18.5 Å². The Morgan fingerprint density at radius 1 is 1.27 bits per heavy atom. The van der Waals surface area contributed by atoms with Crippen LogP contribution in [0, 0.1) is 5.92 Å². The van der Waals surface area contributed by atoms with Crippen LogP contribution in [-0.4, -0.2) is 37.3 Å². The number of aliphatic imine (C=N–C) groups is 1. The van der Waals surface area contributed by atoms with Crippen molar-refractivity contribution in [3.8, 4) is 0 Å². The van der Waals surface area contributed by atoms with Gasteiger partial charge in [-0.25, -0.2) is 0 Å². The molecule has 0 aromatic heterocycles. The maximum Gasteiger partial charge on any atom is 0.124 e. The summed E-state index contributed by atoms with van der Waals surface area (Å²) in [6.45, 7) is 4.32. The second-order valence-corrected chi connectivity index (χ2v) is 7.60. The normalized spacial score (nSPS) is 33.3. The highest BCUT2D eigenvalue weighted by atomic mass is 16.5. The lowest BCUT2D eigenvalue weighted by Gasteiger charge is -2.38. The minimum Gasteiger partial charge on any atom is -0.376 e. The third-order valence-corrected chi connectivity index (χ3v) is 5.70. The van der Waals surface area contributed by atoms with Gasteiger partial charge in [-0.15, -0.1) is 0 Å². The van der Waals surface area contributed by atoms with E-state index in [1.54, 1.807) is 0 Å². The molecular weight excluding hydrogens is 324 g/mol. The van der Waals surface area contributed by atoms with Crippen LogP contribution in [0.5, 0.6) is 0 Å². The van der Waals surface area contributed by atoms with Gasteiger partial charge >= 0.3 is 0 Å². The first-order valence-electron chi connectivity index (χ1n) is 9.68. The molecule has 138 valence electrons.